The number of halogens is 1. The Hall–Kier alpha value is -2.45. The molecule has 3 heterocycles. The Morgan fingerprint density at radius 2 is 1.84 bits per heavy atom. The Labute approximate surface area is 149 Å². The van der Waals surface area contributed by atoms with Gasteiger partial charge in [-0.15, -0.1) is 5.10 Å². The summed E-state index contributed by atoms with van der Waals surface area (Å²) in [6, 6.07) is 10.2. The molecule has 0 saturated carbocycles. The van der Waals surface area contributed by atoms with Gasteiger partial charge in [0.05, 0.1) is 12.9 Å². The Kier molecular flexibility index (Phi) is 4.37. The third-order valence-electron chi connectivity index (χ3n) is 4.24. The minimum Gasteiger partial charge on any atom is -0.459 e. The van der Waals surface area contributed by atoms with Gasteiger partial charge in [0, 0.05) is 31.9 Å². The summed E-state index contributed by atoms with van der Waals surface area (Å²) >= 11 is 5.25. The molecular weight excluding hydrogens is 343 g/mol. The van der Waals surface area contributed by atoms with E-state index in [9.17, 15) is 4.39 Å². The van der Waals surface area contributed by atoms with Gasteiger partial charge in [-0.3, -0.25) is 4.90 Å². The van der Waals surface area contributed by atoms with Gasteiger partial charge in [0.25, 0.3) is 10.7 Å². The van der Waals surface area contributed by atoms with E-state index in [0.29, 0.717) is 23.2 Å². The van der Waals surface area contributed by atoms with Crippen molar-refractivity contribution in [1.82, 2.24) is 14.7 Å². The molecule has 3 aromatic rings. The van der Waals surface area contributed by atoms with Crippen molar-refractivity contribution in [3.8, 4) is 11.7 Å². The zero-order valence-electron chi connectivity index (χ0n) is 13.5. The summed E-state index contributed by atoms with van der Waals surface area (Å²) in [7, 11) is 0. The van der Waals surface area contributed by atoms with Crippen molar-refractivity contribution in [2.45, 2.75) is 6.67 Å². The highest BCUT2D eigenvalue weighted by atomic mass is 32.1. The number of hydrogen-bond acceptors (Lipinski definition) is 6. The highest BCUT2D eigenvalue weighted by Crippen LogP contribution is 2.19. The van der Waals surface area contributed by atoms with E-state index in [1.807, 2.05) is 12.1 Å². The van der Waals surface area contributed by atoms with Crippen molar-refractivity contribution >= 4 is 17.9 Å². The van der Waals surface area contributed by atoms with E-state index in [1.54, 1.807) is 23.1 Å². The molecular formula is C17H17FN4O2S. The van der Waals surface area contributed by atoms with Gasteiger partial charge < -0.3 is 13.7 Å². The normalized spacial score (nSPS) is 15.6. The van der Waals surface area contributed by atoms with Crippen molar-refractivity contribution in [3.63, 3.8) is 0 Å². The molecule has 0 N–H and O–H groups in total. The van der Waals surface area contributed by atoms with Crippen LogP contribution in [0.2, 0.25) is 0 Å². The molecule has 0 spiro atoms. The van der Waals surface area contributed by atoms with E-state index in [-0.39, 0.29) is 5.82 Å². The third kappa shape index (κ3) is 3.49. The van der Waals surface area contributed by atoms with E-state index in [2.05, 4.69) is 14.9 Å². The molecule has 0 unspecified atom stereocenters. The van der Waals surface area contributed by atoms with Crippen LogP contribution in [0.25, 0.3) is 11.7 Å². The second kappa shape index (κ2) is 6.81. The van der Waals surface area contributed by atoms with Crippen LogP contribution in [-0.4, -0.2) is 40.9 Å². The average Bonchev–Trinajstić information content (AvgIpc) is 3.27. The fourth-order valence-corrected chi connectivity index (χ4v) is 3.06. The summed E-state index contributed by atoms with van der Waals surface area (Å²) in [5, 5.41) is 4.39. The topological polar surface area (TPSA) is 50.6 Å². The van der Waals surface area contributed by atoms with Crippen LogP contribution in [-0.2, 0) is 6.67 Å². The van der Waals surface area contributed by atoms with Gasteiger partial charge in [0.2, 0.25) is 0 Å². The maximum Gasteiger partial charge on any atom is 0.288 e. The van der Waals surface area contributed by atoms with Crippen molar-refractivity contribution in [3.05, 3.63) is 53.3 Å². The Morgan fingerprint density at radius 3 is 2.52 bits per heavy atom. The smallest absolute Gasteiger partial charge is 0.288 e. The molecule has 1 fully saturated rings. The number of anilines is 1. The van der Waals surface area contributed by atoms with Gasteiger partial charge in [0.1, 0.15) is 5.82 Å². The lowest BCUT2D eigenvalue weighted by molar-refractivity contribution is 0.192. The third-order valence-corrected chi connectivity index (χ3v) is 4.53. The van der Waals surface area contributed by atoms with Crippen LogP contribution in [0.1, 0.15) is 0 Å². The number of hydrogen-bond donors (Lipinski definition) is 0. The average molecular weight is 360 g/mol. The quantitative estimate of drug-likeness (QED) is 0.665. The van der Waals surface area contributed by atoms with Gasteiger partial charge in [-0.25, -0.2) is 9.07 Å². The first-order chi connectivity index (χ1) is 12.2. The molecule has 0 amide bonds. The lowest BCUT2D eigenvalue weighted by atomic mass is 10.2. The summed E-state index contributed by atoms with van der Waals surface area (Å²) in [6.45, 7) is 4.02. The van der Waals surface area contributed by atoms with Gasteiger partial charge in [0.15, 0.2) is 5.76 Å². The van der Waals surface area contributed by atoms with Gasteiger partial charge in [-0.05, 0) is 48.6 Å². The second-order valence-corrected chi connectivity index (χ2v) is 6.22. The molecule has 1 aliphatic heterocycles. The summed E-state index contributed by atoms with van der Waals surface area (Å²) < 4.78 is 25.5. The number of furan rings is 1. The predicted octanol–water partition coefficient (Wildman–Crippen LogP) is 3.38. The lowest BCUT2D eigenvalue weighted by Gasteiger charge is -2.35. The number of aromatic nitrogens is 2. The number of nitrogens with zero attached hydrogens (tertiary/aromatic N) is 4. The first-order valence-electron chi connectivity index (χ1n) is 8.04. The molecule has 0 bridgehead atoms. The Balaban J connectivity index is 1.39. The van der Waals surface area contributed by atoms with Crippen LogP contribution in [0.3, 0.4) is 0 Å². The van der Waals surface area contributed by atoms with Crippen LogP contribution in [0.15, 0.2) is 51.5 Å². The molecule has 0 radical (unpaired) electrons. The predicted molar refractivity (Wildman–Crippen MR) is 93.2 cm³/mol. The molecule has 2 aromatic heterocycles. The molecule has 0 aliphatic carbocycles. The molecule has 4 rings (SSSR count). The summed E-state index contributed by atoms with van der Waals surface area (Å²) in [4.78, 5) is 4.82. The zero-order chi connectivity index (χ0) is 17.2. The van der Waals surface area contributed by atoms with Crippen molar-refractivity contribution in [2.75, 3.05) is 31.1 Å². The van der Waals surface area contributed by atoms with Crippen LogP contribution in [0.4, 0.5) is 10.1 Å². The van der Waals surface area contributed by atoms with Crippen molar-refractivity contribution in [2.24, 2.45) is 0 Å². The first-order valence-corrected chi connectivity index (χ1v) is 8.44. The number of benzene rings is 1. The Bertz CT molecular complexity index is 880. The number of rotatable bonds is 4. The molecule has 1 saturated heterocycles. The van der Waals surface area contributed by atoms with E-state index >= 15 is 0 Å². The second-order valence-electron chi connectivity index (χ2n) is 5.87. The molecule has 1 aliphatic rings. The molecule has 0 atom stereocenters. The SMILES string of the molecule is Fc1ccc(N2CCN(Cn3nc(-c4ccco4)oc3=S)CC2)cc1. The largest absolute Gasteiger partial charge is 0.459 e. The molecule has 8 heteroatoms. The van der Waals surface area contributed by atoms with Gasteiger partial charge in [-0.1, -0.05) is 0 Å². The highest BCUT2D eigenvalue weighted by molar-refractivity contribution is 7.71. The summed E-state index contributed by atoms with van der Waals surface area (Å²) in [5.74, 6) is 0.737. The van der Waals surface area contributed by atoms with E-state index in [0.717, 1.165) is 31.9 Å². The van der Waals surface area contributed by atoms with Crippen molar-refractivity contribution in [1.29, 1.82) is 0 Å². The fourth-order valence-electron chi connectivity index (χ4n) is 2.88. The maximum atomic E-state index is 13.0. The van der Waals surface area contributed by atoms with Crippen LogP contribution < -0.4 is 4.90 Å². The fraction of sp³-hybridized carbons (Fsp3) is 0.294. The van der Waals surface area contributed by atoms with E-state index in [4.69, 9.17) is 21.1 Å². The summed E-state index contributed by atoms with van der Waals surface area (Å²) in [5.41, 5.74) is 1.04. The van der Waals surface area contributed by atoms with Crippen LogP contribution in [0, 0.1) is 10.7 Å². The molecule has 1 aromatic carbocycles. The van der Waals surface area contributed by atoms with E-state index < -0.39 is 0 Å². The first kappa shape index (κ1) is 16.0. The van der Waals surface area contributed by atoms with Gasteiger partial charge >= 0.3 is 0 Å². The molecule has 130 valence electrons. The lowest BCUT2D eigenvalue weighted by Crippen LogP contribution is -2.46. The zero-order valence-corrected chi connectivity index (χ0v) is 14.3. The standard InChI is InChI=1S/C17H17FN4O2S/c18-13-3-5-14(6-4-13)21-9-7-20(8-10-21)12-22-17(25)24-16(19-22)15-2-1-11-23-15/h1-6,11H,7-10,12H2. The minimum atomic E-state index is -0.213. The maximum absolute atomic E-state index is 13.0. The van der Waals surface area contributed by atoms with Gasteiger partial charge in [-0.2, -0.15) is 0 Å². The number of piperazine rings is 1. The highest BCUT2D eigenvalue weighted by Gasteiger charge is 2.19. The van der Waals surface area contributed by atoms with Crippen molar-refractivity contribution < 1.29 is 13.2 Å². The summed E-state index contributed by atoms with van der Waals surface area (Å²) in [6.07, 6.45) is 1.57. The van der Waals surface area contributed by atoms with Crippen LogP contribution >= 0.6 is 12.2 Å². The Morgan fingerprint density at radius 1 is 1.08 bits per heavy atom. The molecule has 6 nitrogen and oxygen atoms in total. The van der Waals surface area contributed by atoms with E-state index in [1.165, 1.54) is 12.1 Å². The molecule has 25 heavy (non-hydrogen) atoms. The van der Waals surface area contributed by atoms with Crippen LogP contribution in [0.5, 0.6) is 0 Å². The monoisotopic (exact) mass is 360 g/mol. The minimum absolute atomic E-state index is 0.213.